The smallest absolute Gasteiger partial charge is 0.122 e. The van der Waals surface area contributed by atoms with Gasteiger partial charge in [0.2, 0.25) is 0 Å². The van der Waals surface area contributed by atoms with Crippen molar-refractivity contribution in [3.63, 3.8) is 0 Å². The van der Waals surface area contributed by atoms with E-state index in [9.17, 15) is 0 Å². The van der Waals surface area contributed by atoms with Crippen molar-refractivity contribution in [2.75, 3.05) is 38.6 Å². The first-order chi connectivity index (χ1) is 9.72. The van der Waals surface area contributed by atoms with Gasteiger partial charge in [0.25, 0.3) is 0 Å². The first-order valence-corrected chi connectivity index (χ1v) is 7.53. The average Bonchev–Trinajstić information content (AvgIpc) is 2.37. The largest absolute Gasteiger partial charge is 0.493 e. The number of anilines is 1. The van der Waals surface area contributed by atoms with E-state index in [2.05, 4.69) is 4.90 Å². The molecular formula is C16H24N2O2. The van der Waals surface area contributed by atoms with Crippen LogP contribution in [0.15, 0.2) is 18.2 Å². The Kier molecular flexibility index (Phi) is 4.13. The fourth-order valence-corrected chi connectivity index (χ4v) is 2.96. The molecule has 0 aliphatic carbocycles. The lowest BCUT2D eigenvalue weighted by Gasteiger charge is -2.41. The molecule has 1 aromatic rings. The summed E-state index contributed by atoms with van der Waals surface area (Å²) >= 11 is 0. The SMILES string of the molecule is Cc1cc(N)ccc1OCC1CCN(C2COC2)CC1. The zero-order chi connectivity index (χ0) is 13.9. The molecule has 4 heteroatoms. The molecule has 1 aromatic carbocycles. The van der Waals surface area contributed by atoms with Crippen LogP contribution in [0.1, 0.15) is 18.4 Å². The number of hydrogen-bond acceptors (Lipinski definition) is 4. The molecule has 3 rings (SSSR count). The summed E-state index contributed by atoms with van der Waals surface area (Å²) < 4.78 is 11.2. The second kappa shape index (κ2) is 6.02. The van der Waals surface area contributed by atoms with Gasteiger partial charge in [-0.1, -0.05) is 0 Å². The second-order valence-corrected chi connectivity index (χ2v) is 6.01. The van der Waals surface area contributed by atoms with Gasteiger partial charge in [0.1, 0.15) is 5.75 Å². The van der Waals surface area contributed by atoms with Gasteiger partial charge in [-0.2, -0.15) is 0 Å². The van der Waals surface area contributed by atoms with Gasteiger partial charge in [-0.05, 0) is 62.5 Å². The minimum atomic E-state index is 0.671. The number of hydrogen-bond donors (Lipinski definition) is 1. The Morgan fingerprint density at radius 3 is 2.65 bits per heavy atom. The van der Waals surface area contributed by atoms with Gasteiger partial charge in [0.15, 0.2) is 0 Å². The number of likely N-dealkylation sites (tertiary alicyclic amines) is 1. The van der Waals surface area contributed by atoms with Gasteiger partial charge < -0.3 is 15.2 Å². The number of rotatable bonds is 4. The molecule has 0 amide bonds. The van der Waals surface area contributed by atoms with Crippen LogP contribution < -0.4 is 10.5 Å². The van der Waals surface area contributed by atoms with Crippen LogP contribution in [0.5, 0.6) is 5.75 Å². The summed E-state index contributed by atoms with van der Waals surface area (Å²) in [5.41, 5.74) is 7.67. The molecule has 0 saturated carbocycles. The fraction of sp³-hybridized carbons (Fsp3) is 0.625. The minimum absolute atomic E-state index is 0.671. The van der Waals surface area contributed by atoms with Crippen molar-refractivity contribution in [2.24, 2.45) is 5.92 Å². The molecule has 0 unspecified atom stereocenters. The van der Waals surface area contributed by atoms with Gasteiger partial charge >= 0.3 is 0 Å². The maximum absolute atomic E-state index is 5.97. The van der Waals surface area contributed by atoms with E-state index < -0.39 is 0 Å². The lowest BCUT2D eigenvalue weighted by Crippen LogP contribution is -2.52. The van der Waals surface area contributed by atoms with Crippen molar-refractivity contribution in [3.8, 4) is 5.75 Å². The molecule has 0 radical (unpaired) electrons. The average molecular weight is 276 g/mol. The van der Waals surface area contributed by atoms with Gasteiger partial charge in [0.05, 0.1) is 25.9 Å². The molecule has 20 heavy (non-hydrogen) atoms. The molecule has 0 aromatic heterocycles. The molecule has 2 aliphatic heterocycles. The Morgan fingerprint density at radius 1 is 1.30 bits per heavy atom. The summed E-state index contributed by atoms with van der Waals surface area (Å²) in [4.78, 5) is 2.56. The molecule has 110 valence electrons. The van der Waals surface area contributed by atoms with Crippen LogP contribution in [-0.2, 0) is 4.74 Å². The van der Waals surface area contributed by atoms with E-state index >= 15 is 0 Å². The summed E-state index contributed by atoms with van der Waals surface area (Å²) in [6.45, 7) is 7.08. The number of ether oxygens (including phenoxy) is 2. The van der Waals surface area contributed by atoms with E-state index in [-0.39, 0.29) is 0 Å². The highest BCUT2D eigenvalue weighted by Gasteiger charge is 2.29. The molecule has 4 nitrogen and oxygen atoms in total. The van der Waals surface area contributed by atoms with E-state index in [0.717, 1.165) is 36.8 Å². The van der Waals surface area contributed by atoms with Crippen LogP contribution in [-0.4, -0.2) is 43.9 Å². The zero-order valence-electron chi connectivity index (χ0n) is 12.2. The van der Waals surface area contributed by atoms with Crippen LogP contribution in [0.4, 0.5) is 5.69 Å². The van der Waals surface area contributed by atoms with E-state index in [0.29, 0.717) is 12.0 Å². The van der Waals surface area contributed by atoms with E-state index in [4.69, 9.17) is 15.2 Å². The Balaban J connectivity index is 1.45. The van der Waals surface area contributed by atoms with Crippen LogP contribution in [0, 0.1) is 12.8 Å². The molecule has 0 atom stereocenters. The van der Waals surface area contributed by atoms with Crippen molar-refractivity contribution >= 4 is 5.69 Å². The number of nitrogens with zero attached hydrogens (tertiary/aromatic N) is 1. The topological polar surface area (TPSA) is 47.7 Å². The number of nitrogen functional groups attached to an aromatic ring is 1. The molecule has 2 saturated heterocycles. The Bertz CT molecular complexity index is 452. The van der Waals surface area contributed by atoms with Crippen molar-refractivity contribution in [3.05, 3.63) is 23.8 Å². The van der Waals surface area contributed by atoms with E-state index in [1.165, 1.54) is 25.9 Å². The first-order valence-electron chi connectivity index (χ1n) is 7.53. The van der Waals surface area contributed by atoms with Gasteiger partial charge in [-0.15, -0.1) is 0 Å². The Hall–Kier alpha value is -1.26. The molecule has 0 bridgehead atoms. The summed E-state index contributed by atoms with van der Waals surface area (Å²) in [5.74, 6) is 1.64. The van der Waals surface area contributed by atoms with E-state index in [1.807, 2.05) is 25.1 Å². The Morgan fingerprint density at radius 2 is 2.05 bits per heavy atom. The molecule has 2 fully saturated rings. The quantitative estimate of drug-likeness (QED) is 0.855. The normalized spacial score (nSPS) is 21.6. The monoisotopic (exact) mass is 276 g/mol. The van der Waals surface area contributed by atoms with Crippen molar-refractivity contribution in [1.82, 2.24) is 4.90 Å². The van der Waals surface area contributed by atoms with Crippen LogP contribution >= 0.6 is 0 Å². The van der Waals surface area contributed by atoms with Gasteiger partial charge in [0, 0.05) is 5.69 Å². The lowest BCUT2D eigenvalue weighted by molar-refractivity contribution is -0.0750. The second-order valence-electron chi connectivity index (χ2n) is 6.01. The van der Waals surface area contributed by atoms with Crippen LogP contribution in [0.2, 0.25) is 0 Å². The number of piperidine rings is 1. The summed E-state index contributed by atoms with van der Waals surface area (Å²) in [7, 11) is 0. The highest BCUT2D eigenvalue weighted by Crippen LogP contribution is 2.25. The number of benzene rings is 1. The fourth-order valence-electron chi connectivity index (χ4n) is 2.96. The highest BCUT2D eigenvalue weighted by molar-refractivity contribution is 5.47. The molecular weight excluding hydrogens is 252 g/mol. The third-order valence-corrected chi connectivity index (χ3v) is 4.46. The third-order valence-electron chi connectivity index (χ3n) is 4.46. The van der Waals surface area contributed by atoms with E-state index in [1.54, 1.807) is 0 Å². The number of nitrogens with two attached hydrogens (primary N) is 1. The van der Waals surface area contributed by atoms with Crippen molar-refractivity contribution in [1.29, 1.82) is 0 Å². The highest BCUT2D eigenvalue weighted by atomic mass is 16.5. The van der Waals surface area contributed by atoms with Crippen molar-refractivity contribution in [2.45, 2.75) is 25.8 Å². The molecule has 2 N–H and O–H groups in total. The maximum atomic E-state index is 5.97. The molecule has 2 heterocycles. The lowest BCUT2D eigenvalue weighted by atomic mass is 9.96. The molecule has 2 aliphatic rings. The summed E-state index contributed by atoms with van der Waals surface area (Å²) in [6.07, 6.45) is 2.45. The van der Waals surface area contributed by atoms with Crippen molar-refractivity contribution < 1.29 is 9.47 Å². The first kappa shape index (κ1) is 13.7. The predicted octanol–water partition coefficient (Wildman–Crippen LogP) is 2.07. The minimum Gasteiger partial charge on any atom is -0.493 e. The van der Waals surface area contributed by atoms with Gasteiger partial charge in [-0.25, -0.2) is 0 Å². The zero-order valence-corrected chi connectivity index (χ0v) is 12.2. The number of aryl methyl sites for hydroxylation is 1. The maximum Gasteiger partial charge on any atom is 0.122 e. The third kappa shape index (κ3) is 3.07. The predicted molar refractivity (Wildman–Crippen MR) is 80.0 cm³/mol. The van der Waals surface area contributed by atoms with Crippen LogP contribution in [0.25, 0.3) is 0 Å². The van der Waals surface area contributed by atoms with Gasteiger partial charge in [-0.3, -0.25) is 4.90 Å². The standard InChI is InChI=1S/C16H24N2O2/c1-12-8-14(17)2-3-16(12)20-9-13-4-6-18(7-5-13)15-10-19-11-15/h2-3,8,13,15H,4-7,9-11,17H2,1H3. The summed E-state index contributed by atoms with van der Waals surface area (Å²) in [5, 5.41) is 0. The van der Waals surface area contributed by atoms with Crippen LogP contribution in [0.3, 0.4) is 0 Å². The summed E-state index contributed by atoms with van der Waals surface area (Å²) in [6, 6.07) is 6.53. The Labute approximate surface area is 120 Å². The molecule has 0 spiro atoms.